The molecule has 1 unspecified atom stereocenters. The van der Waals surface area contributed by atoms with E-state index in [9.17, 15) is 9.59 Å². The number of hydrogen-bond donors (Lipinski definition) is 0. The van der Waals surface area contributed by atoms with E-state index in [-0.39, 0.29) is 18.6 Å². The first-order chi connectivity index (χ1) is 6.17. The topological polar surface area (TPSA) is 55.8 Å². The van der Waals surface area contributed by atoms with Gasteiger partial charge in [-0.2, -0.15) is 0 Å². The van der Waals surface area contributed by atoms with Gasteiger partial charge in [0.15, 0.2) is 0 Å². The highest BCUT2D eigenvalue weighted by molar-refractivity contribution is 5.84. The molecule has 1 amide bonds. The maximum Gasteiger partial charge on any atom is 0.325 e. The molecule has 0 saturated carbocycles. The Labute approximate surface area is 76.6 Å². The number of amides is 1. The molecule has 5 heteroatoms. The molecule has 0 aromatic rings. The molecular weight excluding hydrogens is 174 g/mol. The summed E-state index contributed by atoms with van der Waals surface area (Å²) in [5, 5.41) is 0. The highest BCUT2D eigenvalue weighted by Crippen LogP contribution is 2.12. The van der Waals surface area contributed by atoms with Gasteiger partial charge in [-0.15, -0.1) is 0 Å². The lowest BCUT2D eigenvalue weighted by Gasteiger charge is -2.13. The summed E-state index contributed by atoms with van der Waals surface area (Å²) >= 11 is 0. The molecule has 1 aliphatic heterocycles. The van der Waals surface area contributed by atoms with Crippen molar-refractivity contribution in [2.75, 3.05) is 27.3 Å². The Bertz CT molecular complexity index is 216. The van der Waals surface area contributed by atoms with Crippen molar-refractivity contribution in [3.8, 4) is 0 Å². The largest absolute Gasteiger partial charge is 0.468 e. The van der Waals surface area contributed by atoms with E-state index in [0.29, 0.717) is 13.0 Å². The van der Waals surface area contributed by atoms with Gasteiger partial charge in [0.25, 0.3) is 0 Å². The molecule has 1 aliphatic rings. The van der Waals surface area contributed by atoms with E-state index in [2.05, 4.69) is 4.74 Å². The summed E-state index contributed by atoms with van der Waals surface area (Å²) in [6.07, 6.45) is 0.269. The molecule has 1 fully saturated rings. The quantitative estimate of drug-likeness (QED) is 0.554. The first kappa shape index (κ1) is 9.98. The van der Waals surface area contributed by atoms with Crippen LogP contribution in [0.1, 0.15) is 6.42 Å². The zero-order chi connectivity index (χ0) is 9.84. The smallest absolute Gasteiger partial charge is 0.325 e. The summed E-state index contributed by atoms with van der Waals surface area (Å²) in [5.41, 5.74) is 0. The number of esters is 1. The molecule has 0 radical (unpaired) electrons. The number of likely N-dealkylation sites (tertiary alicyclic amines) is 1. The number of ether oxygens (including phenoxy) is 2. The predicted octanol–water partition coefficient (Wildman–Crippen LogP) is -0.593. The van der Waals surface area contributed by atoms with Crippen molar-refractivity contribution in [2.24, 2.45) is 0 Å². The molecule has 0 aliphatic carbocycles. The minimum atomic E-state index is -0.398. The first-order valence-electron chi connectivity index (χ1n) is 4.04. The molecule has 5 nitrogen and oxygen atoms in total. The van der Waals surface area contributed by atoms with Gasteiger partial charge in [0, 0.05) is 13.7 Å². The average molecular weight is 187 g/mol. The summed E-state index contributed by atoms with van der Waals surface area (Å²) in [6.45, 7) is 0.500. The van der Waals surface area contributed by atoms with Gasteiger partial charge >= 0.3 is 5.97 Å². The predicted molar refractivity (Wildman–Crippen MR) is 44.0 cm³/mol. The van der Waals surface area contributed by atoms with Crippen LogP contribution in [0.2, 0.25) is 0 Å². The van der Waals surface area contributed by atoms with Crippen LogP contribution in [-0.4, -0.2) is 50.2 Å². The molecule has 0 bridgehead atoms. The second kappa shape index (κ2) is 4.23. The number of hydrogen-bond acceptors (Lipinski definition) is 4. The highest BCUT2D eigenvalue weighted by Gasteiger charge is 2.30. The summed E-state index contributed by atoms with van der Waals surface area (Å²) in [4.78, 5) is 23.5. The molecule has 1 saturated heterocycles. The Kier molecular flexibility index (Phi) is 3.25. The Morgan fingerprint density at radius 3 is 2.77 bits per heavy atom. The second-order valence-electron chi connectivity index (χ2n) is 2.91. The molecule has 74 valence electrons. The lowest BCUT2D eigenvalue weighted by Crippen LogP contribution is -2.32. The van der Waals surface area contributed by atoms with Crippen LogP contribution in [0, 0.1) is 0 Å². The maximum absolute atomic E-state index is 11.2. The fourth-order valence-corrected chi connectivity index (χ4v) is 1.27. The van der Waals surface area contributed by atoms with E-state index in [4.69, 9.17) is 4.74 Å². The van der Waals surface area contributed by atoms with Crippen LogP contribution in [0.4, 0.5) is 0 Å². The fraction of sp³-hybridized carbons (Fsp3) is 0.750. The van der Waals surface area contributed by atoms with Crippen LogP contribution < -0.4 is 0 Å². The zero-order valence-corrected chi connectivity index (χ0v) is 7.78. The van der Waals surface area contributed by atoms with E-state index in [1.54, 1.807) is 7.11 Å². The highest BCUT2D eigenvalue weighted by atomic mass is 16.5. The van der Waals surface area contributed by atoms with Crippen molar-refractivity contribution >= 4 is 11.9 Å². The van der Waals surface area contributed by atoms with Gasteiger partial charge in [-0.1, -0.05) is 0 Å². The molecule has 1 rings (SSSR count). The molecule has 0 aromatic carbocycles. The molecule has 1 atom stereocenters. The van der Waals surface area contributed by atoms with E-state index < -0.39 is 5.97 Å². The monoisotopic (exact) mass is 187 g/mol. The number of carbonyl (C=O) groups excluding carboxylic acids is 2. The molecular formula is C8H13NO4. The van der Waals surface area contributed by atoms with Gasteiger partial charge in [0.1, 0.15) is 6.54 Å². The lowest BCUT2D eigenvalue weighted by molar-refractivity contribution is -0.145. The van der Waals surface area contributed by atoms with Gasteiger partial charge in [-0.05, 0) is 0 Å². The lowest BCUT2D eigenvalue weighted by atomic mass is 10.3. The van der Waals surface area contributed by atoms with E-state index >= 15 is 0 Å². The standard InChI is InChI=1S/C8H13NO4/c1-12-6-3-7(10)9(4-6)5-8(11)13-2/h6H,3-5H2,1-2H3. The number of nitrogens with zero attached hydrogens (tertiary/aromatic N) is 1. The van der Waals surface area contributed by atoms with Gasteiger partial charge in [0.2, 0.25) is 5.91 Å². The normalized spacial score (nSPS) is 22.2. The molecule has 0 aromatic heterocycles. The Morgan fingerprint density at radius 1 is 1.62 bits per heavy atom. The van der Waals surface area contributed by atoms with Gasteiger partial charge < -0.3 is 14.4 Å². The molecule has 1 heterocycles. The summed E-state index contributed by atoms with van der Waals surface area (Å²) in [7, 11) is 2.86. The van der Waals surface area contributed by atoms with Crippen molar-refractivity contribution in [1.29, 1.82) is 0 Å². The van der Waals surface area contributed by atoms with Crippen molar-refractivity contribution in [3.05, 3.63) is 0 Å². The minimum absolute atomic E-state index is 0.0230. The Morgan fingerprint density at radius 2 is 2.31 bits per heavy atom. The van der Waals surface area contributed by atoms with Gasteiger partial charge in [0.05, 0.1) is 19.6 Å². The third-order valence-corrected chi connectivity index (χ3v) is 2.06. The van der Waals surface area contributed by atoms with Crippen LogP contribution in [0.25, 0.3) is 0 Å². The fourth-order valence-electron chi connectivity index (χ4n) is 1.27. The third kappa shape index (κ3) is 2.42. The van der Waals surface area contributed by atoms with E-state index in [0.717, 1.165) is 0 Å². The second-order valence-corrected chi connectivity index (χ2v) is 2.91. The average Bonchev–Trinajstić information content (AvgIpc) is 2.47. The zero-order valence-electron chi connectivity index (χ0n) is 7.78. The van der Waals surface area contributed by atoms with Crippen LogP contribution in [-0.2, 0) is 19.1 Å². The van der Waals surface area contributed by atoms with Crippen LogP contribution in [0.5, 0.6) is 0 Å². The van der Waals surface area contributed by atoms with E-state index in [1.807, 2.05) is 0 Å². The number of rotatable bonds is 3. The van der Waals surface area contributed by atoms with Crippen molar-refractivity contribution in [1.82, 2.24) is 4.90 Å². The van der Waals surface area contributed by atoms with Crippen molar-refractivity contribution < 1.29 is 19.1 Å². The Balaban J connectivity index is 2.43. The van der Waals surface area contributed by atoms with Gasteiger partial charge in [-0.25, -0.2) is 0 Å². The molecule has 0 N–H and O–H groups in total. The van der Waals surface area contributed by atoms with Crippen molar-refractivity contribution in [3.63, 3.8) is 0 Å². The van der Waals surface area contributed by atoms with Crippen LogP contribution >= 0.6 is 0 Å². The number of methoxy groups -OCH3 is 2. The van der Waals surface area contributed by atoms with Crippen molar-refractivity contribution in [2.45, 2.75) is 12.5 Å². The van der Waals surface area contributed by atoms with E-state index in [1.165, 1.54) is 12.0 Å². The molecule has 0 spiro atoms. The van der Waals surface area contributed by atoms with Gasteiger partial charge in [-0.3, -0.25) is 9.59 Å². The Hall–Kier alpha value is -1.10. The number of carbonyl (C=O) groups is 2. The molecule has 13 heavy (non-hydrogen) atoms. The van der Waals surface area contributed by atoms with Crippen LogP contribution in [0.15, 0.2) is 0 Å². The summed E-state index contributed by atoms with van der Waals surface area (Å²) in [6, 6.07) is 0. The first-order valence-corrected chi connectivity index (χ1v) is 4.04. The summed E-state index contributed by atoms with van der Waals surface area (Å²) in [5.74, 6) is -0.456. The maximum atomic E-state index is 11.2. The van der Waals surface area contributed by atoms with Crippen LogP contribution in [0.3, 0.4) is 0 Å². The third-order valence-electron chi connectivity index (χ3n) is 2.06. The summed E-state index contributed by atoms with van der Waals surface area (Å²) < 4.78 is 9.47. The minimum Gasteiger partial charge on any atom is -0.468 e. The SMILES string of the molecule is COC(=O)CN1CC(OC)CC1=O.